The summed E-state index contributed by atoms with van der Waals surface area (Å²) in [6.07, 6.45) is 4.37. The van der Waals surface area contributed by atoms with Crippen molar-refractivity contribution in [2.45, 2.75) is 6.42 Å². The zero-order chi connectivity index (χ0) is 16.8. The minimum Gasteiger partial charge on any atom is -0.369 e. The molecule has 1 saturated heterocycles. The van der Waals surface area contributed by atoms with Crippen molar-refractivity contribution in [1.82, 2.24) is 14.9 Å². The first-order chi connectivity index (χ1) is 11.7. The van der Waals surface area contributed by atoms with Gasteiger partial charge in [0.15, 0.2) is 5.13 Å². The van der Waals surface area contributed by atoms with Crippen molar-refractivity contribution in [3.05, 3.63) is 35.5 Å². The first-order valence-electron chi connectivity index (χ1n) is 7.75. The molecule has 1 aliphatic rings. The summed E-state index contributed by atoms with van der Waals surface area (Å²) in [7, 11) is 0. The third kappa shape index (κ3) is 4.28. The van der Waals surface area contributed by atoms with Gasteiger partial charge in [0.05, 0.1) is 12.1 Å². The van der Waals surface area contributed by atoms with Gasteiger partial charge in [-0.2, -0.15) is 5.26 Å². The average molecular weight is 342 g/mol. The van der Waals surface area contributed by atoms with Crippen molar-refractivity contribution >= 4 is 28.2 Å². The number of rotatable bonds is 6. The standard InChI is InChI=1S/C16H18N6OS/c17-8-13-2-1-4-18-15(13)20-9-12-3-6-22(10-12)11-14(23)21-16-19-5-7-24-16/h1-2,4-5,7,12H,3,6,9-11H2,(H,18,20)(H,19,21,23)/t12-/m1/s1. The number of hydrogen-bond donors (Lipinski definition) is 2. The van der Waals surface area contributed by atoms with Crippen LogP contribution in [0.25, 0.3) is 0 Å². The van der Waals surface area contributed by atoms with Crippen LogP contribution in [-0.2, 0) is 4.79 Å². The molecule has 2 aromatic heterocycles. The topological polar surface area (TPSA) is 93.9 Å². The Kier molecular flexibility index (Phi) is 5.36. The molecule has 0 bridgehead atoms. The largest absolute Gasteiger partial charge is 0.369 e. The Morgan fingerprint density at radius 1 is 1.46 bits per heavy atom. The SMILES string of the molecule is N#Cc1cccnc1NC[C@H]1CCN(CC(=O)Nc2nccs2)C1. The van der Waals surface area contributed by atoms with E-state index in [1.54, 1.807) is 24.5 Å². The molecular weight excluding hydrogens is 324 g/mol. The van der Waals surface area contributed by atoms with Crippen LogP contribution in [-0.4, -0.2) is 47.0 Å². The van der Waals surface area contributed by atoms with Crippen LogP contribution in [0.15, 0.2) is 29.9 Å². The van der Waals surface area contributed by atoms with Gasteiger partial charge in [-0.15, -0.1) is 11.3 Å². The van der Waals surface area contributed by atoms with E-state index in [1.807, 2.05) is 5.38 Å². The smallest absolute Gasteiger partial charge is 0.240 e. The fourth-order valence-electron chi connectivity index (χ4n) is 2.75. The van der Waals surface area contributed by atoms with Gasteiger partial charge in [0.25, 0.3) is 0 Å². The monoisotopic (exact) mass is 342 g/mol. The van der Waals surface area contributed by atoms with Crippen molar-refractivity contribution in [3.8, 4) is 6.07 Å². The van der Waals surface area contributed by atoms with Crippen LogP contribution in [0, 0.1) is 17.2 Å². The number of likely N-dealkylation sites (tertiary alicyclic amines) is 1. The highest BCUT2D eigenvalue weighted by atomic mass is 32.1. The van der Waals surface area contributed by atoms with Crippen LogP contribution < -0.4 is 10.6 Å². The Morgan fingerprint density at radius 3 is 3.17 bits per heavy atom. The summed E-state index contributed by atoms with van der Waals surface area (Å²) in [6.45, 7) is 2.87. The summed E-state index contributed by atoms with van der Waals surface area (Å²) in [5.41, 5.74) is 0.551. The minimum atomic E-state index is -0.0324. The number of pyridine rings is 1. The lowest BCUT2D eigenvalue weighted by molar-refractivity contribution is -0.117. The predicted octanol–water partition coefficient (Wildman–Crippen LogP) is 1.78. The number of carbonyl (C=O) groups excluding carboxylic acids is 1. The van der Waals surface area contributed by atoms with Gasteiger partial charge < -0.3 is 10.6 Å². The first-order valence-corrected chi connectivity index (χ1v) is 8.63. The maximum atomic E-state index is 12.0. The van der Waals surface area contributed by atoms with Gasteiger partial charge in [-0.05, 0) is 31.0 Å². The van der Waals surface area contributed by atoms with E-state index in [1.165, 1.54) is 11.3 Å². The highest BCUT2D eigenvalue weighted by Crippen LogP contribution is 2.18. The molecule has 0 saturated carbocycles. The maximum absolute atomic E-state index is 12.0. The molecule has 24 heavy (non-hydrogen) atoms. The van der Waals surface area contributed by atoms with Crippen LogP contribution in [0.5, 0.6) is 0 Å². The predicted molar refractivity (Wildman–Crippen MR) is 92.7 cm³/mol. The van der Waals surface area contributed by atoms with Gasteiger partial charge >= 0.3 is 0 Å². The molecule has 2 N–H and O–H groups in total. The molecule has 8 heteroatoms. The van der Waals surface area contributed by atoms with Gasteiger partial charge in [0.2, 0.25) is 5.91 Å². The number of nitriles is 1. The summed E-state index contributed by atoms with van der Waals surface area (Å²) < 4.78 is 0. The third-order valence-corrected chi connectivity index (χ3v) is 4.59. The molecule has 7 nitrogen and oxygen atoms in total. The Balaban J connectivity index is 1.44. The van der Waals surface area contributed by atoms with Crippen molar-refractivity contribution in [1.29, 1.82) is 5.26 Å². The lowest BCUT2D eigenvalue weighted by Gasteiger charge is -2.16. The zero-order valence-corrected chi connectivity index (χ0v) is 13.9. The van der Waals surface area contributed by atoms with Gasteiger partial charge in [-0.3, -0.25) is 9.69 Å². The van der Waals surface area contributed by atoms with E-state index >= 15 is 0 Å². The molecule has 0 unspecified atom stereocenters. The van der Waals surface area contributed by atoms with E-state index in [4.69, 9.17) is 5.26 Å². The van der Waals surface area contributed by atoms with Crippen molar-refractivity contribution in [2.75, 3.05) is 36.8 Å². The quantitative estimate of drug-likeness (QED) is 0.831. The van der Waals surface area contributed by atoms with E-state index in [9.17, 15) is 4.79 Å². The van der Waals surface area contributed by atoms with E-state index in [-0.39, 0.29) is 5.91 Å². The summed E-state index contributed by atoms with van der Waals surface area (Å²) in [5, 5.41) is 17.6. The van der Waals surface area contributed by atoms with E-state index in [2.05, 4.69) is 31.6 Å². The fraction of sp³-hybridized carbons (Fsp3) is 0.375. The number of hydrogen-bond acceptors (Lipinski definition) is 7. The van der Waals surface area contributed by atoms with E-state index in [0.29, 0.717) is 29.0 Å². The summed E-state index contributed by atoms with van der Waals surface area (Å²) >= 11 is 1.41. The average Bonchev–Trinajstić information content (AvgIpc) is 3.25. The number of thiazole rings is 1. The molecule has 0 aromatic carbocycles. The summed E-state index contributed by atoms with van der Waals surface area (Å²) in [4.78, 5) is 22.4. The van der Waals surface area contributed by atoms with Crippen LogP contribution in [0.3, 0.4) is 0 Å². The zero-order valence-electron chi connectivity index (χ0n) is 13.1. The molecule has 1 amide bonds. The summed E-state index contributed by atoms with van der Waals surface area (Å²) in [6, 6.07) is 5.63. The lowest BCUT2D eigenvalue weighted by Crippen LogP contribution is -2.32. The van der Waals surface area contributed by atoms with E-state index < -0.39 is 0 Å². The van der Waals surface area contributed by atoms with Crippen LogP contribution in [0.1, 0.15) is 12.0 Å². The Hall–Kier alpha value is -2.50. The van der Waals surface area contributed by atoms with Gasteiger partial charge in [-0.1, -0.05) is 0 Å². The van der Waals surface area contributed by atoms with Gasteiger partial charge in [0, 0.05) is 30.9 Å². The second-order valence-electron chi connectivity index (χ2n) is 5.67. The maximum Gasteiger partial charge on any atom is 0.240 e. The number of nitrogens with zero attached hydrogens (tertiary/aromatic N) is 4. The highest BCUT2D eigenvalue weighted by Gasteiger charge is 2.24. The van der Waals surface area contributed by atoms with Gasteiger partial charge in [-0.25, -0.2) is 9.97 Å². The molecule has 3 heterocycles. The number of aromatic nitrogens is 2. The molecular formula is C16H18N6OS. The second kappa shape index (κ2) is 7.86. The van der Waals surface area contributed by atoms with E-state index in [0.717, 1.165) is 26.1 Å². The van der Waals surface area contributed by atoms with Gasteiger partial charge in [0.1, 0.15) is 11.9 Å². The van der Waals surface area contributed by atoms with Crippen LogP contribution in [0.4, 0.5) is 10.9 Å². The molecule has 124 valence electrons. The molecule has 0 aliphatic carbocycles. The number of amides is 1. The van der Waals surface area contributed by atoms with Crippen LogP contribution in [0.2, 0.25) is 0 Å². The molecule has 1 fully saturated rings. The third-order valence-electron chi connectivity index (χ3n) is 3.90. The highest BCUT2D eigenvalue weighted by molar-refractivity contribution is 7.13. The molecule has 3 rings (SSSR count). The summed E-state index contributed by atoms with van der Waals surface area (Å²) in [5.74, 6) is 1.03. The fourth-order valence-corrected chi connectivity index (χ4v) is 3.29. The molecule has 1 atom stereocenters. The van der Waals surface area contributed by atoms with Crippen molar-refractivity contribution in [3.63, 3.8) is 0 Å². The number of anilines is 2. The normalized spacial score (nSPS) is 17.4. The first kappa shape index (κ1) is 16.4. The molecule has 0 spiro atoms. The minimum absolute atomic E-state index is 0.0324. The molecule has 0 radical (unpaired) electrons. The Morgan fingerprint density at radius 2 is 2.38 bits per heavy atom. The Bertz CT molecular complexity index is 726. The van der Waals surface area contributed by atoms with Crippen molar-refractivity contribution in [2.24, 2.45) is 5.92 Å². The Labute approximate surface area is 144 Å². The molecule has 2 aromatic rings. The number of carbonyl (C=O) groups is 1. The van der Waals surface area contributed by atoms with Crippen molar-refractivity contribution < 1.29 is 4.79 Å². The van der Waals surface area contributed by atoms with Crippen LogP contribution >= 0.6 is 11.3 Å². The number of nitrogens with one attached hydrogen (secondary N) is 2. The second-order valence-corrected chi connectivity index (χ2v) is 6.56. The lowest BCUT2D eigenvalue weighted by atomic mass is 10.1. The molecule has 1 aliphatic heterocycles.